The van der Waals surface area contributed by atoms with Gasteiger partial charge in [0, 0.05) is 0 Å². The molecule has 2 aliphatic rings. The van der Waals surface area contributed by atoms with Crippen LogP contribution in [-0.2, 0) is 0 Å². The van der Waals surface area contributed by atoms with Crippen LogP contribution in [0.5, 0.6) is 11.5 Å². The van der Waals surface area contributed by atoms with E-state index in [4.69, 9.17) is 21.1 Å². The minimum absolute atomic E-state index is 0.114. The Bertz CT molecular complexity index is 488. The molecule has 3 unspecified atom stereocenters. The summed E-state index contributed by atoms with van der Waals surface area (Å²) in [6.45, 7) is 2.11. The number of hydrogen-bond acceptors (Lipinski definition) is 2. The largest absolute Gasteiger partial charge is 0.493 e. The quantitative estimate of drug-likeness (QED) is 0.748. The molecule has 110 valence electrons. The number of methoxy groups -OCH3 is 2. The molecule has 2 aliphatic carbocycles. The van der Waals surface area contributed by atoms with Crippen LogP contribution in [0.1, 0.15) is 42.2 Å². The summed E-state index contributed by atoms with van der Waals surface area (Å²) in [5.74, 6) is 3.95. The van der Waals surface area contributed by atoms with Crippen molar-refractivity contribution in [2.45, 2.75) is 38.0 Å². The van der Waals surface area contributed by atoms with Crippen LogP contribution in [0, 0.1) is 24.7 Å². The first-order chi connectivity index (χ1) is 9.67. The highest BCUT2D eigenvalue weighted by Gasteiger charge is 2.54. The van der Waals surface area contributed by atoms with E-state index in [1.165, 1.54) is 36.8 Å². The number of aryl methyl sites for hydroxylation is 1. The number of alkyl halides is 1. The van der Waals surface area contributed by atoms with Gasteiger partial charge in [0.05, 0.1) is 19.6 Å². The summed E-state index contributed by atoms with van der Waals surface area (Å²) in [4.78, 5) is 0. The fourth-order valence-corrected chi connectivity index (χ4v) is 4.59. The lowest BCUT2D eigenvalue weighted by atomic mass is 10.00. The van der Waals surface area contributed by atoms with E-state index in [9.17, 15) is 0 Å². The molecular formula is C17H23ClO2. The van der Waals surface area contributed by atoms with Gasteiger partial charge in [-0.1, -0.05) is 12.8 Å². The molecule has 3 heteroatoms. The van der Waals surface area contributed by atoms with Gasteiger partial charge in [0.15, 0.2) is 11.5 Å². The van der Waals surface area contributed by atoms with Gasteiger partial charge in [-0.15, -0.1) is 11.6 Å². The third kappa shape index (κ3) is 2.28. The van der Waals surface area contributed by atoms with Gasteiger partial charge in [-0.2, -0.15) is 0 Å². The third-order valence-corrected chi connectivity index (χ3v) is 5.66. The van der Waals surface area contributed by atoms with Crippen molar-refractivity contribution in [1.29, 1.82) is 0 Å². The molecule has 0 amide bonds. The zero-order valence-corrected chi connectivity index (χ0v) is 13.2. The first-order valence-electron chi connectivity index (χ1n) is 7.54. The van der Waals surface area contributed by atoms with E-state index >= 15 is 0 Å². The van der Waals surface area contributed by atoms with Gasteiger partial charge in [-0.05, 0) is 60.8 Å². The molecule has 0 heterocycles. The van der Waals surface area contributed by atoms with Crippen molar-refractivity contribution in [3.8, 4) is 11.5 Å². The molecular weight excluding hydrogens is 272 g/mol. The summed E-state index contributed by atoms with van der Waals surface area (Å²) in [5.41, 5.74) is 2.41. The second kappa shape index (κ2) is 5.48. The van der Waals surface area contributed by atoms with Crippen LogP contribution in [-0.4, -0.2) is 14.2 Å². The van der Waals surface area contributed by atoms with Crippen molar-refractivity contribution in [2.75, 3.05) is 14.2 Å². The van der Waals surface area contributed by atoms with Gasteiger partial charge in [0.1, 0.15) is 0 Å². The van der Waals surface area contributed by atoms with Crippen LogP contribution < -0.4 is 9.47 Å². The summed E-state index contributed by atoms with van der Waals surface area (Å²) in [7, 11) is 3.35. The number of fused-ring (bicyclic) bond motifs is 1. The van der Waals surface area contributed by atoms with E-state index in [-0.39, 0.29) is 5.38 Å². The summed E-state index contributed by atoms with van der Waals surface area (Å²) in [5, 5.41) is 0.114. The van der Waals surface area contributed by atoms with Crippen LogP contribution in [0.3, 0.4) is 0 Å². The summed E-state index contributed by atoms with van der Waals surface area (Å²) in [6.07, 6.45) is 5.49. The Hall–Kier alpha value is -0.890. The Kier molecular flexibility index (Phi) is 3.85. The Morgan fingerprint density at radius 2 is 1.60 bits per heavy atom. The third-order valence-electron chi connectivity index (χ3n) is 5.13. The monoisotopic (exact) mass is 294 g/mol. The van der Waals surface area contributed by atoms with Gasteiger partial charge in [0.25, 0.3) is 0 Å². The minimum atomic E-state index is 0.114. The predicted molar refractivity (Wildman–Crippen MR) is 81.8 cm³/mol. The average molecular weight is 295 g/mol. The molecule has 20 heavy (non-hydrogen) atoms. The van der Waals surface area contributed by atoms with Crippen LogP contribution in [0.4, 0.5) is 0 Å². The molecule has 3 atom stereocenters. The number of benzene rings is 1. The normalized spacial score (nSPS) is 29.5. The van der Waals surface area contributed by atoms with Crippen LogP contribution >= 0.6 is 11.6 Å². The Morgan fingerprint density at radius 3 is 2.15 bits per heavy atom. The lowest BCUT2D eigenvalue weighted by molar-refractivity contribution is 0.354. The van der Waals surface area contributed by atoms with E-state index in [1.807, 2.05) is 6.07 Å². The van der Waals surface area contributed by atoms with E-state index in [0.29, 0.717) is 5.92 Å². The van der Waals surface area contributed by atoms with Crippen LogP contribution in [0.25, 0.3) is 0 Å². The van der Waals surface area contributed by atoms with Gasteiger partial charge in [0.2, 0.25) is 0 Å². The number of ether oxygens (including phenoxy) is 2. The molecule has 0 spiro atoms. The smallest absolute Gasteiger partial charge is 0.161 e. The van der Waals surface area contributed by atoms with Gasteiger partial charge in [-0.25, -0.2) is 0 Å². The van der Waals surface area contributed by atoms with Crippen molar-refractivity contribution >= 4 is 11.6 Å². The van der Waals surface area contributed by atoms with Gasteiger partial charge in [-0.3, -0.25) is 0 Å². The lowest BCUT2D eigenvalue weighted by Crippen LogP contribution is -2.01. The van der Waals surface area contributed by atoms with Crippen molar-refractivity contribution in [3.63, 3.8) is 0 Å². The standard InChI is InChI=1S/C17H23ClO2/c1-10-8-14(19-2)15(20-3)9-13(10)17(18)16-11-6-4-5-7-12(11)16/h8-9,11-12,16-17H,4-7H2,1-3H3. The molecule has 0 saturated heterocycles. The molecule has 2 nitrogen and oxygen atoms in total. The Morgan fingerprint density at radius 1 is 1.05 bits per heavy atom. The maximum Gasteiger partial charge on any atom is 0.161 e. The predicted octanol–water partition coefficient (Wildman–Crippen LogP) is 4.73. The number of halogens is 1. The summed E-state index contributed by atoms with van der Waals surface area (Å²) >= 11 is 6.81. The van der Waals surface area contributed by atoms with Crippen molar-refractivity contribution < 1.29 is 9.47 Å². The second-order valence-electron chi connectivity index (χ2n) is 6.16. The Labute approximate surface area is 126 Å². The van der Waals surface area contributed by atoms with Crippen molar-refractivity contribution in [3.05, 3.63) is 23.3 Å². The van der Waals surface area contributed by atoms with Crippen LogP contribution in [0.15, 0.2) is 12.1 Å². The first kappa shape index (κ1) is 14.1. The van der Waals surface area contributed by atoms with E-state index in [1.54, 1.807) is 14.2 Å². The molecule has 0 N–H and O–H groups in total. The molecule has 0 aromatic heterocycles. The molecule has 3 rings (SSSR count). The maximum atomic E-state index is 6.81. The number of rotatable bonds is 4. The molecule has 1 aromatic carbocycles. The highest BCUT2D eigenvalue weighted by molar-refractivity contribution is 6.21. The maximum absolute atomic E-state index is 6.81. The molecule has 0 radical (unpaired) electrons. The first-order valence-corrected chi connectivity index (χ1v) is 7.97. The van der Waals surface area contributed by atoms with E-state index < -0.39 is 0 Å². The zero-order valence-electron chi connectivity index (χ0n) is 12.5. The lowest BCUT2D eigenvalue weighted by Gasteiger charge is -2.17. The minimum Gasteiger partial charge on any atom is -0.493 e. The van der Waals surface area contributed by atoms with Gasteiger partial charge < -0.3 is 9.47 Å². The molecule has 2 fully saturated rings. The fourth-order valence-electron chi connectivity index (χ4n) is 3.98. The van der Waals surface area contributed by atoms with Crippen molar-refractivity contribution in [2.24, 2.45) is 17.8 Å². The SMILES string of the molecule is COc1cc(C)c(C(Cl)C2C3CCCCC32)cc1OC. The molecule has 2 saturated carbocycles. The van der Waals surface area contributed by atoms with E-state index in [2.05, 4.69) is 13.0 Å². The van der Waals surface area contributed by atoms with E-state index in [0.717, 1.165) is 23.3 Å². The highest BCUT2D eigenvalue weighted by Crippen LogP contribution is 2.62. The molecule has 0 aliphatic heterocycles. The molecule has 0 bridgehead atoms. The summed E-state index contributed by atoms with van der Waals surface area (Å²) < 4.78 is 10.8. The average Bonchev–Trinajstić information content (AvgIpc) is 3.20. The van der Waals surface area contributed by atoms with Crippen molar-refractivity contribution in [1.82, 2.24) is 0 Å². The topological polar surface area (TPSA) is 18.5 Å². The highest BCUT2D eigenvalue weighted by atomic mass is 35.5. The van der Waals surface area contributed by atoms with Crippen LogP contribution in [0.2, 0.25) is 0 Å². The Balaban J connectivity index is 1.86. The summed E-state index contributed by atoms with van der Waals surface area (Å²) in [6, 6.07) is 4.10. The van der Waals surface area contributed by atoms with Gasteiger partial charge >= 0.3 is 0 Å². The zero-order chi connectivity index (χ0) is 14.3. The molecule has 1 aromatic rings. The second-order valence-corrected chi connectivity index (χ2v) is 6.63. The number of hydrogen-bond donors (Lipinski definition) is 0. The fraction of sp³-hybridized carbons (Fsp3) is 0.647.